The summed E-state index contributed by atoms with van der Waals surface area (Å²) in [7, 11) is 0. The average Bonchev–Trinajstić information content (AvgIpc) is 3.08. The molecule has 0 bridgehead atoms. The third kappa shape index (κ3) is 1.99. The minimum Gasteiger partial charge on any atom is -0.293 e. The zero-order chi connectivity index (χ0) is 12.7. The van der Waals surface area contributed by atoms with Crippen molar-refractivity contribution in [2.45, 2.75) is 19.8 Å². The van der Waals surface area contributed by atoms with Crippen LogP contribution in [0.4, 0.5) is 4.39 Å². The SMILES string of the molecule is Cc1cccc(F)c1-c1ccc(C(=O)C2CC2)s1. The van der Waals surface area contributed by atoms with E-state index in [2.05, 4.69) is 0 Å². The molecule has 1 aliphatic carbocycles. The maximum Gasteiger partial charge on any atom is 0.175 e. The number of carbonyl (C=O) groups excluding carboxylic acids is 1. The van der Waals surface area contributed by atoms with Crippen molar-refractivity contribution in [2.75, 3.05) is 0 Å². The molecule has 0 unspecified atom stereocenters. The molecule has 1 nitrogen and oxygen atoms in total. The van der Waals surface area contributed by atoms with E-state index in [0.29, 0.717) is 5.56 Å². The van der Waals surface area contributed by atoms with Crippen LogP contribution < -0.4 is 0 Å². The predicted octanol–water partition coefficient (Wildman–Crippen LogP) is 4.46. The zero-order valence-corrected chi connectivity index (χ0v) is 10.9. The predicted molar refractivity (Wildman–Crippen MR) is 71.5 cm³/mol. The van der Waals surface area contributed by atoms with Gasteiger partial charge in [0.1, 0.15) is 5.82 Å². The van der Waals surface area contributed by atoms with Gasteiger partial charge in [0, 0.05) is 16.4 Å². The zero-order valence-electron chi connectivity index (χ0n) is 10.1. The number of benzene rings is 1. The fourth-order valence-corrected chi connectivity index (χ4v) is 3.23. The molecule has 1 aromatic heterocycles. The molecule has 0 aliphatic heterocycles. The number of thiophene rings is 1. The molecule has 0 spiro atoms. The van der Waals surface area contributed by atoms with Crippen LogP contribution in [0.5, 0.6) is 0 Å². The van der Waals surface area contributed by atoms with Gasteiger partial charge in [-0.3, -0.25) is 4.79 Å². The van der Waals surface area contributed by atoms with E-state index >= 15 is 0 Å². The molecule has 1 aliphatic rings. The second-order valence-corrected chi connectivity index (χ2v) is 5.82. The first-order valence-electron chi connectivity index (χ1n) is 6.06. The van der Waals surface area contributed by atoms with Gasteiger partial charge in [0.05, 0.1) is 4.88 Å². The van der Waals surface area contributed by atoms with Gasteiger partial charge < -0.3 is 0 Å². The highest BCUT2D eigenvalue weighted by molar-refractivity contribution is 7.17. The van der Waals surface area contributed by atoms with Crippen molar-refractivity contribution in [3.63, 3.8) is 0 Å². The minimum atomic E-state index is -0.220. The Kier molecular flexibility index (Phi) is 2.78. The van der Waals surface area contributed by atoms with E-state index in [0.717, 1.165) is 28.2 Å². The summed E-state index contributed by atoms with van der Waals surface area (Å²) in [5.41, 5.74) is 1.53. The lowest BCUT2D eigenvalue weighted by Crippen LogP contribution is -1.96. The molecule has 3 rings (SSSR count). The molecule has 1 fully saturated rings. The molecule has 1 aromatic carbocycles. The standard InChI is InChI=1S/C15H13FOS/c1-9-3-2-4-11(16)14(9)12-7-8-13(18-12)15(17)10-5-6-10/h2-4,7-8,10H,5-6H2,1H3. The molecule has 2 aromatic rings. The molecule has 1 saturated carbocycles. The van der Waals surface area contributed by atoms with E-state index in [1.807, 2.05) is 25.1 Å². The monoisotopic (exact) mass is 260 g/mol. The van der Waals surface area contributed by atoms with Crippen molar-refractivity contribution in [1.82, 2.24) is 0 Å². The van der Waals surface area contributed by atoms with Gasteiger partial charge in [-0.05, 0) is 43.5 Å². The molecule has 0 amide bonds. The second kappa shape index (κ2) is 4.32. The highest BCUT2D eigenvalue weighted by Crippen LogP contribution is 2.38. The summed E-state index contributed by atoms with van der Waals surface area (Å²) in [5.74, 6) is 0.223. The van der Waals surface area contributed by atoms with Crippen LogP contribution in [0.2, 0.25) is 0 Å². The van der Waals surface area contributed by atoms with Crippen molar-refractivity contribution in [1.29, 1.82) is 0 Å². The normalized spacial score (nSPS) is 14.8. The van der Waals surface area contributed by atoms with Gasteiger partial charge in [-0.15, -0.1) is 11.3 Å². The lowest BCUT2D eigenvalue weighted by atomic mass is 10.1. The first-order valence-corrected chi connectivity index (χ1v) is 6.88. The molecule has 0 N–H and O–H groups in total. The van der Waals surface area contributed by atoms with Crippen LogP contribution >= 0.6 is 11.3 Å². The number of carbonyl (C=O) groups is 1. The largest absolute Gasteiger partial charge is 0.293 e. The summed E-state index contributed by atoms with van der Waals surface area (Å²) < 4.78 is 13.8. The minimum absolute atomic E-state index is 0.220. The van der Waals surface area contributed by atoms with Crippen LogP contribution in [0.25, 0.3) is 10.4 Å². The molecular weight excluding hydrogens is 247 g/mol. The number of ketones is 1. The van der Waals surface area contributed by atoms with Gasteiger partial charge in [0.25, 0.3) is 0 Å². The van der Waals surface area contributed by atoms with E-state index < -0.39 is 0 Å². The van der Waals surface area contributed by atoms with E-state index in [9.17, 15) is 9.18 Å². The van der Waals surface area contributed by atoms with Crippen molar-refractivity contribution in [3.8, 4) is 10.4 Å². The third-order valence-corrected chi connectivity index (χ3v) is 4.38. The van der Waals surface area contributed by atoms with Gasteiger partial charge in [0.2, 0.25) is 0 Å². The molecule has 1 heterocycles. The summed E-state index contributed by atoms with van der Waals surface area (Å²) >= 11 is 1.40. The number of rotatable bonds is 3. The Morgan fingerprint density at radius 1 is 1.28 bits per heavy atom. The van der Waals surface area contributed by atoms with Crippen LogP contribution in [0.1, 0.15) is 28.1 Å². The Morgan fingerprint density at radius 2 is 2.06 bits per heavy atom. The van der Waals surface area contributed by atoms with Gasteiger partial charge in [-0.2, -0.15) is 0 Å². The van der Waals surface area contributed by atoms with Gasteiger partial charge >= 0.3 is 0 Å². The van der Waals surface area contributed by atoms with Crippen LogP contribution in [-0.2, 0) is 0 Å². The Labute approximate surface area is 109 Å². The highest BCUT2D eigenvalue weighted by Gasteiger charge is 2.31. The second-order valence-electron chi connectivity index (χ2n) is 4.73. The molecule has 3 heteroatoms. The smallest absolute Gasteiger partial charge is 0.175 e. The molecule has 18 heavy (non-hydrogen) atoms. The summed E-state index contributed by atoms with van der Waals surface area (Å²) in [5, 5.41) is 0. The lowest BCUT2D eigenvalue weighted by molar-refractivity contribution is 0.0971. The van der Waals surface area contributed by atoms with Gasteiger partial charge in [-0.25, -0.2) is 4.39 Å². The summed E-state index contributed by atoms with van der Waals surface area (Å²) in [6, 6.07) is 8.74. The number of aryl methyl sites for hydroxylation is 1. The average molecular weight is 260 g/mol. The molecule has 0 atom stereocenters. The molecule has 92 valence electrons. The first-order chi connectivity index (χ1) is 8.66. The summed E-state index contributed by atoms with van der Waals surface area (Å²) in [6.07, 6.45) is 2.01. The number of halogens is 1. The van der Waals surface area contributed by atoms with Crippen LogP contribution in [0.3, 0.4) is 0 Å². The molecule has 0 saturated heterocycles. The Bertz CT molecular complexity index is 590. The van der Waals surface area contributed by atoms with Crippen LogP contribution in [0, 0.1) is 18.7 Å². The topological polar surface area (TPSA) is 17.1 Å². The summed E-state index contributed by atoms with van der Waals surface area (Å²) in [6.45, 7) is 1.89. The van der Waals surface area contributed by atoms with E-state index in [1.165, 1.54) is 17.4 Å². The maximum absolute atomic E-state index is 13.8. The fraction of sp³-hybridized carbons (Fsp3) is 0.267. The van der Waals surface area contributed by atoms with E-state index in [4.69, 9.17) is 0 Å². The van der Waals surface area contributed by atoms with E-state index in [-0.39, 0.29) is 17.5 Å². The Morgan fingerprint density at radius 3 is 2.72 bits per heavy atom. The lowest BCUT2D eigenvalue weighted by Gasteiger charge is -2.03. The fourth-order valence-electron chi connectivity index (χ4n) is 2.10. The summed E-state index contributed by atoms with van der Waals surface area (Å²) in [4.78, 5) is 13.5. The quantitative estimate of drug-likeness (QED) is 0.745. The van der Waals surface area contributed by atoms with Crippen molar-refractivity contribution in [3.05, 3.63) is 46.6 Å². The van der Waals surface area contributed by atoms with Crippen molar-refractivity contribution >= 4 is 17.1 Å². The first kappa shape index (κ1) is 11.6. The highest BCUT2D eigenvalue weighted by atomic mass is 32.1. The van der Waals surface area contributed by atoms with E-state index in [1.54, 1.807) is 6.07 Å². The Hall–Kier alpha value is -1.48. The number of hydrogen-bond donors (Lipinski definition) is 0. The molecular formula is C15H13FOS. The Balaban J connectivity index is 2.00. The van der Waals surface area contributed by atoms with Crippen molar-refractivity contribution in [2.24, 2.45) is 5.92 Å². The number of hydrogen-bond acceptors (Lipinski definition) is 2. The number of Topliss-reactive ketones (excluding diaryl/α,β-unsaturated/α-hetero) is 1. The van der Waals surface area contributed by atoms with Crippen LogP contribution in [-0.4, -0.2) is 5.78 Å². The maximum atomic E-state index is 13.8. The van der Waals surface area contributed by atoms with Gasteiger partial charge in [-0.1, -0.05) is 12.1 Å². The van der Waals surface area contributed by atoms with Gasteiger partial charge in [0.15, 0.2) is 5.78 Å². The molecule has 0 radical (unpaired) electrons. The van der Waals surface area contributed by atoms with Crippen molar-refractivity contribution < 1.29 is 9.18 Å². The third-order valence-electron chi connectivity index (χ3n) is 3.27. The van der Waals surface area contributed by atoms with Crippen LogP contribution in [0.15, 0.2) is 30.3 Å².